The standard InChI is InChI=1S/C12H6O6S2/c13-1-7-9(5(3-19-7)11(15)16)10-6(12(17)18)4-20-8(10)2-14/h1-4H,(H,15,16)(H,17,18)/p-2. The molecule has 0 amide bonds. The molecule has 2 aromatic heterocycles. The SMILES string of the molecule is O=Cc1scc(C(=O)[O-])c1-c1c(C(=O)[O-])csc1C=O. The Balaban J connectivity index is 2.86. The molecule has 0 spiro atoms. The molecule has 0 aromatic carbocycles. The van der Waals surface area contributed by atoms with Crippen molar-refractivity contribution >= 4 is 47.2 Å². The number of hydrogen-bond acceptors (Lipinski definition) is 8. The molecule has 0 unspecified atom stereocenters. The van der Waals surface area contributed by atoms with Gasteiger partial charge in [-0.3, -0.25) is 9.59 Å². The lowest BCUT2D eigenvalue weighted by molar-refractivity contribution is -0.256. The van der Waals surface area contributed by atoms with Crippen LogP contribution in [0.3, 0.4) is 0 Å². The first kappa shape index (κ1) is 14.1. The van der Waals surface area contributed by atoms with Crippen molar-refractivity contribution < 1.29 is 29.4 Å². The van der Waals surface area contributed by atoms with Crippen LogP contribution in [0.5, 0.6) is 0 Å². The van der Waals surface area contributed by atoms with E-state index in [-0.39, 0.29) is 32.0 Å². The summed E-state index contributed by atoms with van der Waals surface area (Å²) < 4.78 is 0. The topological polar surface area (TPSA) is 114 Å². The zero-order valence-corrected chi connectivity index (χ0v) is 11.2. The number of aromatic carboxylic acids is 2. The third-order valence-electron chi connectivity index (χ3n) is 2.54. The van der Waals surface area contributed by atoms with Gasteiger partial charge in [0.25, 0.3) is 0 Å². The summed E-state index contributed by atoms with van der Waals surface area (Å²) in [6.45, 7) is 0. The molecule has 0 aliphatic carbocycles. The number of carboxylic acid groups (broad SMARTS) is 2. The number of carbonyl (C=O) groups is 4. The zero-order chi connectivity index (χ0) is 14.9. The molecule has 0 saturated heterocycles. The fourth-order valence-electron chi connectivity index (χ4n) is 1.74. The normalized spacial score (nSPS) is 10.2. The van der Waals surface area contributed by atoms with E-state index in [0.29, 0.717) is 12.6 Å². The maximum absolute atomic E-state index is 11.1. The van der Waals surface area contributed by atoms with Gasteiger partial charge in [0.15, 0.2) is 12.6 Å². The van der Waals surface area contributed by atoms with Gasteiger partial charge in [-0.2, -0.15) is 0 Å². The minimum absolute atomic E-state index is 0.00759. The lowest BCUT2D eigenvalue weighted by Crippen LogP contribution is -2.24. The van der Waals surface area contributed by atoms with Gasteiger partial charge in [-0.1, -0.05) is 0 Å². The number of carbonyl (C=O) groups excluding carboxylic acids is 4. The first-order valence-corrected chi connectivity index (χ1v) is 6.83. The molecule has 8 heteroatoms. The Morgan fingerprint density at radius 2 is 1.20 bits per heavy atom. The first-order chi connectivity index (χ1) is 9.51. The van der Waals surface area contributed by atoms with Crippen LogP contribution in [0, 0.1) is 0 Å². The third-order valence-corrected chi connectivity index (χ3v) is 4.36. The van der Waals surface area contributed by atoms with Crippen molar-refractivity contribution in [3.05, 3.63) is 31.6 Å². The van der Waals surface area contributed by atoms with E-state index < -0.39 is 11.9 Å². The highest BCUT2D eigenvalue weighted by Crippen LogP contribution is 2.38. The first-order valence-electron chi connectivity index (χ1n) is 5.07. The lowest BCUT2D eigenvalue weighted by Gasteiger charge is -2.09. The van der Waals surface area contributed by atoms with Crippen molar-refractivity contribution in [2.24, 2.45) is 0 Å². The second-order valence-corrected chi connectivity index (χ2v) is 5.41. The summed E-state index contributed by atoms with van der Waals surface area (Å²) in [6.07, 6.45) is 0.801. The van der Waals surface area contributed by atoms with E-state index >= 15 is 0 Å². The molecule has 0 N–H and O–H groups in total. The molecule has 0 saturated carbocycles. The van der Waals surface area contributed by atoms with Crippen LogP contribution in [0.2, 0.25) is 0 Å². The number of thiophene rings is 2. The maximum atomic E-state index is 11.1. The summed E-state index contributed by atoms with van der Waals surface area (Å²) in [7, 11) is 0. The van der Waals surface area contributed by atoms with Crippen molar-refractivity contribution in [3.63, 3.8) is 0 Å². The van der Waals surface area contributed by atoms with Crippen LogP contribution < -0.4 is 10.2 Å². The van der Waals surface area contributed by atoms with E-state index in [9.17, 15) is 29.4 Å². The van der Waals surface area contributed by atoms with Crippen LogP contribution in [0.1, 0.15) is 40.1 Å². The Morgan fingerprint density at radius 3 is 1.45 bits per heavy atom. The minimum Gasteiger partial charge on any atom is -0.545 e. The van der Waals surface area contributed by atoms with E-state index in [1.807, 2.05) is 0 Å². The van der Waals surface area contributed by atoms with Gasteiger partial charge in [0, 0.05) is 33.0 Å². The number of carboxylic acids is 2. The summed E-state index contributed by atoms with van der Waals surface area (Å²) in [6, 6.07) is 0. The quantitative estimate of drug-likeness (QED) is 0.708. The van der Waals surface area contributed by atoms with Gasteiger partial charge in [-0.15, -0.1) is 22.7 Å². The second-order valence-electron chi connectivity index (χ2n) is 3.59. The molecule has 0 aliphatic heterocycles. The molecule has 2 heterocycles. The molecular weight excluding hydrogens is 304 g/mol. The number of aldehydes is 2. The maximum Gasteiger partial charge on any atom is 0.160 e. The van der Waals surface area contributed by atoms with Gasteiger partial charge >= 0.3 is 0 Å². The fraction of sp³-hybridized carbons (Fsp3) is 0. The summed E-state index contributed by atoms with van der Waals surface area (Å²) in [5, 5.41) is 24.5. The molecule has 2 aromatic rings. The second kappa shape index (κ2) is 5.35. The van der Waals surface area contributed by atoms with Crippen LogP contribution in [-0.4, -0.2) is 24.5 Å². The average molecular weight is 308 g/mol. The Hall–Kier alpha value is -2.32. The Labute approximate surface area is 119 Å². The van der Waals surface area contributed by atoms with Crippen molar-refractivity contribution in [2.45, 2.75) is 0 Å². The van der Waals surface area contributed by atoms with Crippen LogP contribution in [0.4, 0.5) is 0 Å². The van der Waals surface area contributed by atoms with E-state index in [1.54, 1.807) is 0 Å². The van der Waals surface area contributed by atoms with E-state index in [4.69, 9.17) is 0 Å². The number of rotatable bonds is 5. The van der Waals surface area contributed by atoms with Crippen molar-refractivity contribution in [3.8, 4) is 11.1 Å². The molecule has 0 fully saturated rings. The van der Waals surface area contributed by atoms with Gasteiger partial charge < -0.3 is 19.8 Å². The van der Waals surface area contributed by atoms with Gasteiger partial charge in [0.1, 0.15) is 0 Å². The van der Waals surface area contributed by atoms with Gasteiger partial charge in [0.2, 0.25) is 0 Å². The molecule has 0 bridgehead atoms. The molecular formula is C12H4O6S2-2. The Bertz CT molecular complexity index is 662. The largest absolute Gasteiger partial charge is 0.545 e. The van der Waals surface area contributed by atoms with Crippen LogP contribution in [0.15, 0.2) is 10.8 Å². The third kappa shape index (κ3) is 2.15. The van der Waals surface area contributed by atoms with E-state index in [2.05, 4.69) is 0 Å². The van der Waals surface area contributed by atoms with Crippen LogP contribution >= 0.6 is 22.7 Å². The zero-order valence-electron chi connectivity index (χ0n) is 9.58. The predicted molar refractivity (Wildman–Crippen MR) is 67.1 cm³/mol. The highest BCUT2D eigenvalue weighted by molar-refractivity contribution is 7.13. The van der Waals surface area contributed by atoms with Gasteiger partial charge in [-0.05, 0) is 0 Å². The monoisotopic (exact) mass is 308 g/mol. The van der Waals surface area contributed by atoms with E-state index in [0.717, 1.165) is 22.7 Å². The molecule has 6 nitrogen and oxygen atoms in total. The highest BCUT2D eigenvalue weighted by Gasteiger charge is 2.22. The highest BCUT2D eigenvalue weighted by atomic mass is 32.1. The van der Waals surface area contributed by atoms with Gasteiger partial charge in [-0.25, -0.2) is 0 Å². The summed E-state index contributed by atoms with van der Waals surface area (Å²) >= 11 is 1.66. The molecule has 0 atom stereocenters. The molecule has 0 radical (unpaired) electrons. The predicted octanol–water partition coefficient (Wildman–Crippen LogP) is -0.171. The van der Waals surface area contributed by atoms with Crippen molar-refractivity contribution in [1.82, 2.24) is 0 Å². The molecule has 0 aliphatic rings. The lowest BCUT2D eigenvalue weighted by atomic mass is 9.98. The van der Waals surface area contributed by atoms with Crippen molar-refractivity contribution in [1.29, 1.82) is 0 Å². The summed E-state index contributed by atoms with van der Waals surface area (Å²) in [4.78, 5) is 44.1. The summed E-state index contributed by atoms with van der Waals surface area (Å²) in [5.41, 5.74) is -0.901. The smallest absolute Gasteiger partial charge is 0.160 e. The molecule has 2 rings (SSSR count). The summed E-state index contributed by atoms with van der Waals surface area (Å²) in [5.74, 6) is -3.12. The van der Waals surface area contributed by atoms with Crippen molar-refractivity contribution in [2.75, 3.05) is 0 Å². The minimum atomic E-state index is -1.56. The average Bonchev–Trinajstić information content (AvgIpc) is 3.00. The Morgan fingerprint density at radius 1 is 0.850 bits per heavy atom. The van der Waals surface area contributed by atoms with E-state index in [1.165, 1.54) is 10.8 Å². The van der Waals surface area contributed by atoms with Crippen LogP contribution in [0.25, 0.3) is 11.1 Å². The Kier molecular flexibility index (Phi) is 3.77. The van der Waals surface area contributed by atoms with Crippen LogP contribution in [-0.2, 0) is 0 Å². The number of hydrogen-bond donors (Lipinski definition) is 0. The van der Waals surface area contributed by atoms with Gasteiger partial charge in [0.05, 0.1) is 21.7 Å². The molecule has 102 valence electrons. The fourth-order valence-corrected chi connectivity index (χ4v) is 3.42. The molecule has 20 heavy (non-hydrogen) atoms.